The van der Waals surface area contributed by atoms with E-state index in [1.165, 1.54) is 12.1 Å². The molecule has 1 heterocycles. The number of hydrogen-bond donors (Lipinski definition) is 0. The van der Waals surface area contributed by atoms with Gasteiger partial charge in [0.2, 0.25) is 5.91 Å². The van der Waals surface area contributed by atoms with Gasteiger partial charge >= 0.3 is 12.4 Å². The van der Waals surface area contributed by atoms with Crippen LogP contribution in [0.2, 0.25) is 5.02 Å². The van der Waals surface area contributed by atoms with Gasteiger partial charge in [-0.05, 0) is 24.6 Å². The number of carbonyl (C=O) groups is 1. The zero-order chi connectivity index (χ0) is 19.7. The monoisotopic (exact) mass is 436 g/mol. The van der Waals surface area contributed by atoms with Gasteiger partial charge in [0.25, 0.3) is 0 Å². The van der Waals surface area contributed by atoms with Crippen LogP contribution in [0.25, 0.3) is 0 Å². The SMILES string of the molecule is Cc1cc(Cl)c(/N=C2\SCC(=O)N2CC(F)(F)F)cc1SCC(F)(F)F. The summed E-state index contributed by atoms with van der Waals surface area (Å²) in [5, 5.41) is -0.122. The van der Waals surface area contributed by atoms with Gasteiger partial charge in [0, 0.05) is 4.90 Å². The summed E-state index contributed by atoms with van der Waals surface area (Å²) in [7, 11) is 0. The zero-order valence-corrected chi connectivity index (χ0v) is 15.4. The molecule has 0 aromatic heterocycles. The second-order valence-electron chi connectivity index (χ2n) is 5.25. The van der Waals surface area contributed by atoms with Gasteiger partial charge in [-0.1, -0.05) is 23.4 Å². The number of rotatable bonds is 4. The first-order chi connectivity index (χ1) is 11.9. The molecule has 1 aliphatic heterocycles. The number of aryl methyl sites for hydroxylation is 1. The molecule has 1 amide bonds. The van der Waals surface area contributed by atoms with Crippen LogP contribution >= 0.6 is 35.1 Å². The first-order valence-electron chi connectivity index (χ1n) is 6.94. The number of carbonyl (C=O) groups excluding carboxylic acids is 1. The smallest absolute Gasteiger partial charge is 0.281 e. The van der Waals surface area contributed by atoms with Crippen LogP contribution in [0.5, 0.6) is 0 Å². The van der Waals surface area contributed by atoms with Gasteiger partial charge in [0.1, 0.15) is 6.54 Å². The zero-order valence-electron chi connectivity index (χ0n) is 13.0. The maximum atomic E-state index is 12.6. The summed E-state index contributed by atoms with van der Waals surface area (Å²) in [6.45, 7) is 0.0716. The lowest BCUT2D eigenvalue weighted by Crippen LogP contribution is -2.38. The number of nitrogens with zero attached hydrogens (tertiary/aromatic N) is 2. The fourth-order valence-corrected chi connectivity index (χ4v) is 3.92. The maximum absolute atomic E-state index is 12.6. The van der Waals surface area contributed by atoms with Gasteiger partial charge < -0.3 is 0 Å². The third-order valence-corrected chi connectivity index (χ3v) is 5.53. The van der Waals surface area contributed by atoms with E-state index in [1.807, 2.05) is 0 Å². The van der Waals surface area contributed by atoms with E-state index in [0.717, 1.165) is 11.8 Å². The highest BCUT2D eigenvalue weighted by molar-refractivity contribution is 8.15. The predicted molar refractivity (Wildman–Crippen MR) is 90.3 cm³/mol. The highest BCUT2D eigenvalue weighted by Crippen LogP contribution is 2.37. The molecule has 1 saturated heterocycles. The summed E-state index contributed by atoms with van der Waals surface area (Å²) in [5.41, 5.74) is 0.488. The molecule has 26 heavy (non-hydrogen) atoms. The molecule has 0 spiro atoms. The Hall–Kier alpha value is -1.07. The highest BCUT2D eigenvalue weighted by Gasteiger charge is 2.39. The molecule has 0 N–H and O–H groups in total. The molecule has 1 aromatic rings. The van der Waals surface area contributed by atoms with Crippen molar-refractivity contribution in [3.05, 3.63) is 22.7 Å². The summed E-state index contributed by atoms with van der Waals surface area (Å²) in [4.78, 5) is 16.4. The van der Waals surface area contributed by atoms with E-state index in [4.69, 9.17) is 11.6 Å². The quantitative estimate of drug-likeness (QED) is 0.466. The number of alkyl halides is 6. The number of thioether (sulfide) groups is 2. The molecule has 0 saturated carbocycles. The minimum Gasteiger partial charge on any atom is -0.281 e. The molecule has 12 heteroatoms. The van der Waals surface area contributed by atoms with Crippen molar-refractivity contribution < 1.29 is 31.1 Å². The van der Waals surface area contributed by atoms with Crippen LogP contribution < -0.4 is 0 Å². The van der Waals surface area contributed by atoms with E-state index >= 15 is 0 Å². The Morgan fingerprint density at radius 2 is 1.88 bits per heavy atom. The second kappa shape index (κ2) is 7.89. The van der Waals surface area contributed by atoms with Crippen molar-refractivity contribution in [2.24, 2.45) is 4.99 Å². The lowest BCUT2D eigenvalue weighted by Gasteiger charge is -2.18. The lowest BCUT2D eigenvalue weighted by molar-refractivity contribution is -0.150. The number of halogens is 7. The minimum atomic E-state index is -4.61. The van der Waals surface area contributed by atoms with Gasteiger partial charge in [-0.15, -0.1) is 11.8 Å². The van der Waals surface area contributed by atoms with Crippen LogP contribution in [-0.4, -0.2) is 46.4 Å². The van der Waals surface area contributed by atoms with E-state index in [2.05, 4.69) is 4.99 Å². The van der Waals surface area contributed by atoms with Gasteiger partial charge in [0.05, 0.1) is 22.2 Å². The molecule has 1 fully saturated rings. The molecule has 1 aromatic carbocycles. The summed E-state index contributed by atoms with van der Waals surface area (Å²) >= 11 is 7.35. The molecule has 0 aliphatic carbocycles. The summed E-state index contributed by atoms with van der Waals surface area (Å²) in [6.07, 6.45) is -8.98. The minimum absolute atomic E-state index is 0.00585. The fraction of sp³-hybridized carbons (Fsp3) is 0.429. The van der Waals surface area contributed by atoms with E-state index < -0.39 is 30.6 Å². The Bertz CT molecular complexity index is 735. The first kappa shape index (κ1) is 21.2. The Morgan fingerprint density at radius 1 is 1.23 bits per heavy atom. The Labute approximate surface area is 158 Å². The molecule has 0 unspecified atom stereocenters. The molecule has 0 atom stereocenters. The average molecular weight is 437 g/mol. The van der Waals surface area contributed by atoms with Gasteiger partial charge in [0.15, 0.2) is 5.17 Å². The van der Waals surface area contributed by atoms with Gasteiger partial charge in [-0.2, -0.15) is 26.3 Å². The maximum Gasteiger partial charge on any atom is 0.406 e. The van der Waals surface area contributed by atoms with E-state index in [0.29, 0.717) is 22.2 Å². The van der Waals surface area contributed by atoms with Crippen molar-refractivity contribution >= 4 is 51.9 Å². The Morgan fingerprint density at radius 3 is 2.46 bits per heavy atom. The topological polar surface area (TPSA) is 32.7 Å². The van der Waals surface area contributed by atoms with Gasteiger partial charge in [-0.25, -0.2) is 4.99 Å². The summed E-state index contributed by atoms with van der Waals surface area (Å²) < 4.78 is 75.0. The predicted octanol–water partition coefficient (Wildman–Crippen LogP) is 5.43. The molecular weight excluding hydrogens is 426 g/mol. The molecule has 0 radical (unpaired) electrons. The van der Waals surface area contributed by atoms with Crippen LogP contribution in [0.15, 0.2) is 22.0 Å². The third-order valence-electron chi connectivity index (χ3n) is 3.05. The Kier molecular flexibility index (Phi) is 6.44. The fourth-order valence-electron chi connectivity index (χ4n) is 1.96. The molecule has 3 nitrogen and oxygen atoms in total. The standard InChI is InChI=1S/C14H11ClF6N2OS2/c1-7-2-8(15)9(3-10(7)26-6-14(19,20)21)22-12-23(5-13(16,17)18)11(24)4-25-12/h2-3H,4-6H2,1H3/b22-12-. The summed E-state index contributed by atoms with van der Waals surface area (Å²) in [5.74, 6) is -2.08. The normalized spacial score (nSPS) is 17.5. The molecule has 144 valence electrons. The molecule has 1 aliphatic rings. The molecular formula is C14H11ClF6N2OS2. The summed E-state index contributed by atoms with van der Waals surface area (Å²) in [6, 6.07) is 2.66. The number of benzene rings is 1. The van der Waals surface area contributed by atoms with Crippen LogP contribution in [0, 0.1) is 6.92 Å². The van der Waals surface area contributed by atoms with Crippen molar-refractivity contribution in [3.63, 3.8) is 0 Å². The molecule has 2 rings (SSSR count). The van der Waals surface area contributed by atoms with Crippen molar-refractivity contribution in [2.75, 3.05) is 18.1 Å². The first-order valence-corrected chi connectivity index (χ1v) is 9.29. The van der Waals surface area contributed by atoms with Crippen LogP contribution in [0.3, 0.4) is 0 Å². The highest BCUT2D eigenvalue weighted by atomic mass is 35.5. The third kappa shape index (κ3) is 5.98. The lowest BCUT2D eigenvalue weighted by atomic mass is 10.2. The van der Waals surface area contributed by atoms with E-state index in [-0.39, 0.29) is 26.5 Å². The number of amides is 1. The van der Waals surface area contributed by atoms with Crippen LogP contribution in [-0.2, 0) is 4.79 Å². The Balaban J connectivity index is 2.32. The number of hydrogen-bond acceptors (Lipinski definition) is 4. The van der Waals surface area contributed by atoms with Gasteiger partial charge in [-0.3, -0.25) is 9.69 Å². The largest absolute Gasteiger partial charge is 0.406 e. The van der Waals surface area contributed by atoms with Crippen molar-refractivity contribution in [2.45, 2.75) is 24.2 Å². The van der Waals surface area contributed by atoms with E-state index in [1.54, 1.807) is 6.92 Å². The molecule has 0 bridgehead atoms. The number of amidine groups is 1. The van der Waals surface area contributed by atoms with Crippen LogP contribution in [0.4, 0.5) is 32.0 Å². The average Bonchev–Trinajstić information content (AvgIpc) is 2.79. The van der Waals surface area contributed by atoms with Crippen LogP contribution in [0.1, 0.15) is 5.56 Å². The van der Waals surface area contributed by atoms with Crippen molar-refractivity contribution in [3.8, 4) is 0 Å². The van der Waals surface area contributed by atoms with Crippen molar-refractivity contribution in [1.82, 2.24) is 4.90 Å². The second-order valence-corrected chi connectivity index (χ2v) is 7.62. The number of aliphatic imine (C=N–C) groups is 1. The van der Waals surface area contributed by atoms with E-state index in [9.17, 15) is 31.1 Å². The van der Waals surface area contributed by atoms with Crippen molar-refractivity contribution in [1.29, 1.82) is 0 Å².